The van der Waals surface area contributed by atoms with Gasteiger partial charge in [0.05, 0.1) is 6.61 Å². The molecule has 0 saturated heterocycles. The Morgan fingerprint density at radius 1 is 0.966 bits per heavy atom. The van der Waals surface area contributed by atoms with E-state index in [4.69, 9.17) is 5.11 Å². The molecule has 29 heavy (non-hydrogen) atoms. The van der Waals surface area contributed by atoms with Crippen LogP contribution in [-0.4, -0.2) is 45.2 Å². The molecule has 0 radical (unpaired) electrons. The number of carboxylic acids is 1. The van der Waals surface area contributed by atoms with Crippen molar-refractivity contribution in [2.45, 2.75) is 12.8 Å². The van der Waals surface area contributed by atoms with Crippen molar-refractivity contribution < 1.29 is 19.8 Å². The summed E-state index contributed by atoms with van der Waals surface area (Å²) in [7, 11) is 0. The molecule has 3 rings (SSSR count). The molecule has 1 aromatic heterocycles. The van der Waals surface area contributed by atoms with Crippen LogP contribution >= 0.6 is 0 Å². The van der Waals surface area contributed by atoms with Crippen LogP contribution < -0.4 is 16.6 Å². The van der Waals surface area contributed by atoms with Gasteiger partial charge < -0.3 is 20.5 Å². The number of aliphatic hydroxyl groups excluding tert-OH is 1. The molecule has 0 bridgehead atoms. The molecule has 1 amide bonds. The molecule has 9 heteroatoms. The van der Waals surface area contributed by atoms with Gasteiger partial charge in [-0.15, -0.1) is 0 Å². The smallest absolute Gasteiger partial charge is 0.352 e. The van der Waals surface area contributed by atoms with Crippen molar-refractivity contribution in [1.29, 1.82) is 0 Å². The van der Waals surface area contributed by atoms with Gasteiger partial charge in [0.25, 0.3) is 11.5 Å². The van der Waals surface area contributed by atoms with E-state index >= 15 is 0 Å². The summed E-state index contributed by atoms with van der Waals surface area (Å²) >= 11 is 0. The molecule has 150 valence electrons. The number of aliphatic hydroxyl groups is 1. The number of nitrogens with one attached hydrogen (secondary N) is 3. The van der Waals surface area contributed by atoms with Gasteiger partial charge in [-0.2, -0.15) is 0 Å². The molecule has 0 aliphatic rings. The van der Waals surface area contributed by atoms with Gasteiger partial charge in [-0.05, 0) is 41.3 Å². The second-order valence-corrected chi connectivity index (χ2v) is 6.44. The van der Waals surface area contributed by atoms with Crippen molar-refractivity contribution in [3.8, 4) is 0 Å². The van der Waals surface area contributed by atoms with E-state index in [0.29, 0.717) is 12.0 Å². The minimum Gasteiger partial charge on any atom is -0.477 e. The number of fused-ring (bicyclic) bond motifs is 1. The Morgan fingerprint density at radius 3 is 2.41 bits per heavy atom. The first-order valence-corrected chi connectivity index (χ1v) is 8.89. The maximum Gasteiger partial charge on any atom is 0.352 e. The van der Waals surface area contributed by atoms with E-state index in [9.17, 15) is 24.3 Å². The summed E-state index contributed by atoms with van der Waals surface area (Å²) in [6, 6.07) is 10.8. The third kappa shape index (κ3) is 4.58. The monoisotopic (exact) mass is 397 g/mol. The topological polar surface area (TPSA) is 152 Å². The summed E-state index contributed by atoms with van der Waals surface area (Å²) in [5.74, 6) is -1.64. The number of carboxylic acid groups (broad SMARTS) is 1. The average molecular weight is 397 g/mol. The SMILES string of the molecule is O=C(NCCO)c1ccc2cc(CCc3c(C(=O)O)[nH]c(=O)[nH]c3=O)ccc2c1. The van der Waals surface area contributed by atoms with Crippen molar-refractivity contribution in [1.82, 2.24) is 15.3 Å². The average Bonchev–Trinajstić information content (AvgIpc) is 2.70. The van der Waals surface area contributed by atoms with Crippen LogP contribution in [0.25, 0.3) is 10.8 Å². The molecule has 9 nitrogen and oxygen atoms in total. The highest BCUT2D eigenvalue weighted by Crippen LogP contribution is 2.19. The minimum absolute atomic E-state index is 0.00750. The van der Waals surface area contributed by atoms with Crippen LogP contribution in [0.15, 0.2) is 46.0 Å². The van der Waals surface area contributed by atoms with Crippen LogP contribution in [-0.2, 0) is 12.8 Å². The van der Waals surface area contributed by atoms with Crippen molar-refractivity contribution in [3.63, 3.8) is 0 Å². The second-order valence-electron chi connectivity index (χ2n) is 6.44. The highest BCUT2D eigenvalue weighted by Gasteiger charge is 2.15. The molecule has 0 saturated carbocycles. The lowest BCUT2D eigenvalue weighted by Gasteiger charge is -2.08. The third-order valence-electron chi connectivity index (χ3n) is 4.48. The molecule has 5 N–H and O–H groups in total. The summed E-state index contributed by atoms with van der Waals surface area (Å²) in [6.07, 6.45) is 0.533. The standard InChI is InChI=1S/C20H19N3O6/c24-8-7-21-17(25)14-5-4-12-9-11(1-3-13(12)10-14)2-6-15-16(19(27)28)22-20(29)23-18(15)26/h1,3-5,9-10,24H,2,6-8H2,(H,21,25)(H,27,28)(H2,22,23,26,29). The number of benzene rings is 2. The largest absolute Gasteiger partial charge is 0.477 e. The first-order chi connectivity index (χ1) is 13.9. The number of amides is 1. The number of H-pyrrole nitrogens is 2. The van der Waals surface area contributed by atoms with Gasteiger partial charge >= 0.3 is 11.7 Å². The van der Waals surface area contributed by atoms with Crippen molar-refractivity contribution in [2.75, 3.05) is 13.2 Å². The van der Waals surface area contributed by atoms with Gasteiger partial charge in [0.15, 0.2) is 0 Å². The van der Waals surface area contributed by atoms with Gasteiger partial charge in [-0.3, -0.25) is 14.6 Å². The lowest BCUT2D eigenvalue weighted by atomic mass is 9.99. The Hall–Kier alpha value is -3.72. The molecule has 0 fully saturated rings. The maximum atomic E-state index is 12.0. The number of aromatic carboxylic acids is 1. The Balaban J connectivity index is 1.82. The van der Waals surface area contributed by atoms with E-state index in [-0.39, 0.29) is 31.0 Å². The zero-order valence-electron chi connectivity index (χ0n) is 15.3. The summed E-state index contributed by atoms with van der Waals surface area (Å²) in [4.78, 5) is 50.8. The van der Waals surface area contributed by atoms with Crippen LogP contribution in [0.5, 0.6) is 0 Å². The molecule has 0 unspecified atom stereocenters. The van der Waals surface area contributed by atoms with Gasteiger partial charge in [0.2, 0.25) is 0 Å². The summed E-state index contributed by atoms with van der Waals surface area (Å²) in [6.45, 7) is 0.0441. The fraction of sp³-hybridized carbons (Fsp3) is 0.200. The molecule has 0 aliphatic carbocycles. The first-order valence-electron chi connectivity index (χ1n) is 8.89. The van der Waals surface area contributed by atoms with Crippen LogP contribution in [0, 0.1) is 0 Å². The predicted octanol–water partition coefficient (Wildman–Crippen LogP) is 0.422. The predicted molar refractivity (Wildman–Crippen MR) is 105 cm³/mol. The quantitative estimate of drug-likeness (QED) is 0.390. The molecular formula is C20H19N3O6. The third-order valence-corrected chi connectivity index (χ3v) is 4.48. The number of hydrogen-bond acceptors (Lipinski definition) is 5. The number of carbonyl (C=O) groups is 2. The van der Waals surface area contributed by atoms with Crippen molar-refractivity contribution in [2.24, 2.45) is 0 Å². The summed E-state index contributed by atoms with van der Waals surface area (Å²) in [5, 5.41) is 22.3. The van der Waals surface area contributed by atoms with Gasteiger partial charge in [-0.1, -0.05) is 24.3 Å². The minimum atomic E-state index is -1.37. The van der Waals surface area contributed by atoms with E-state index < -0.39 is 22.9 Å². The van der Waals surface area contributed by atoms with Crippen LogP contribution in [0.3, 0.4) is 0 Å². The number of aromatic nitrogens is 2. The van der Waals surface area contributed by atoms with Crippen molar-refractivity contribution in [3.05, 3.63) is 79.6 Å². The molecule has 1 heterocycles. The Kier molecular flexibility index (Phi) is 5.89. The highest BCUT2D eigenvalue weighted by atomic mass is 16.4. The first kappa shape index (κ1) is 20.0. The van der Waals surface area contributed by atoms with Crippen LogP contribution in [0.2, 0.25) is 0 Å². The highest BCUT2D eigenvalue weighted by molar-refractivity contribution is 5.98. The maximum absolute atomic E-state index is 12.0. The van der Waals surface area contributed by atoms with Crippen LogP contribution in [0.4, 0.5) is 0 Å². The van der Waals surface area contributed by atoms with E-state index in [2.05, 4.69) is 10.3 Å². The van der Waals surface area contributed by atoms with Gasteiger partial charge in [0.1, 0.15) is 5.69 Å². The molecule has 0 aliphatic heterocycles. The Bertz CT molecular complexity index is 1190. The second kappa shape index (κ2) is 8.53. The molecular weight excluding hydrogens is 378 g/mol. The number of carbonyl (C=O) groups excluding carboxylic acids is 1. The fourth-order valence-corrected chi connectivity index (χ4v) is 3.07. The lowest BCUT2D eigenvalue weighted by molar-refractivity contribution is 0.0688. The summed E-state index contributed by atoms with van der Waals surface area (Å²) < 4.78 is 0. The van der Waals surface area contributed by atoms with E-state index in [0.717, 1.165) is 16.3 Å². The Morgan fingerprint density at radius 2 is 1.69 bits per heavy atom. The zero-order valence-corrected chi connectivity index (χ0v) is 15.3. The molecule has 3 aromatic rings. The fourth-order valence-electron chi connectivity index (χ4n) is 3.07. The number of aryl methyl sites for hydroxylation is 1. The normalized spacial score (nSPS) is 10.8. The lowest BCUT2D eigenvalue weighted by Crippen LogP contribution is -2.30. The zero-order chi connectivity index (χ0) is 21.0. The molecule has 0 spiro atoms. The van der Waals surface area contributed by atoms with Crippen LogP contribution in [0.1, 0.15) is 32.0 Å². The number of hydrogen-bond donors (Lipinski definition) is 5. The van der Waals surface area contributed by atoms with Gasteiger partial charge in [-0.25, -0.2) is 9.59 Å². The number of rotatable bonds is 7. The number of aromatic amines is 2. The van der Waals surface area contributed by atoms with E-state index in [1.54, 1.807) is 18.2 Å². The molecule has 0 atom stereocenters. The molecule has 2 aromatic carbocycles. The Labute approximate surface area is 164 Å². The van der Waals surface area contributed by atoms with Crippen molar-refractivity contribution >= 4 is 22.6 Å². The van der Waals surface area contributed by atoms with Gasteiger partial charge in [0, 0.05) is 17.7 Å². The van der Waals surface area contributed by atoms with E-state index in [1.807, 2.05) is 23.2 Å². The van der Waals surface area contributed by atoms with E-state index in [1.165, 1.54) is 0 Å². The summed E-state index contributed by atoms with van der Waals surface area (Å²) in [5.41, 5.74) is -0.626.